The molecule has 2 atom stereocenters. The van der Waals surface area contributed by atoms with Crippen molar-refractivity contribution in [3.8, 4) is 5.75 Å². The zero-order valence-corrected chi connectivity index (χ0v) is 11.5. The summed E-state index contributed by atoms with van der Waals surface area (Å²) < 4.78 is 15.4. The Morgan fingerprint density at radius 2 is 1.53 bits per heavy atom. The van der Waals surface area contributed by atoms with Gasteiger partial charge in [0.2, 0.25) is 0 Å². The third kappa shape index (κ3) is 4.62. The fourth-order valence-electron chi connectivity index (χ4n) is 1.73. The quantitative estimate of drug-likeness (QED) is 0.765. The Hall–Kier alpha value is -2.04. The molecule has 1 rings (SSSR count). The Bertz CT molecular complexity index is 438. The molecule has 0 spiro atoms. The molecule has 0 N–H and O–H groups in total. The molecular weight excluding hydrogens is 248 g/mol. The lowest BCUT2D eigenvalue weighted by molar-refractivity contribution is -0.164. The number of benzene rings is 1. The van der Waals surface area contributed by atoms with Gasteiger partial charge in [0.1, 0.15) is 11.9 Å². The van der Waals surface area contributed by atoms with Crippen LogP contribution in [0.2, 0.25) is 0 Å². The minimum absolute atomic E-state index is 0.418. The van der Waals surface area contributed by atoms with Crippen molar-refractivity contribution in [3.05, 3.63) is 29.8 Å². The van der Waals surface area contributed by atoms with Gasteiger partial charge in [-0.2, -0.15) is 0 Å². The van der Waals surface area contributed by atoms with Crippen molar-refractivity contribution in [1.29, 1.82) is 0 Å². The number of methoxy groups -OCH3 is 1. The Kier molecular flexibility index (Phi) is 5.36. The Morgan fingerprint density at radius 1 is 1.00 bits per heavy atom. The summed E-state index contributed by atoms with van der Waals surface area (Å²) in [4.78, 5) is 22.1. The van der Waals surface area contributed by atoms with Crippen LogP contribution in [0.25, 0.3) is 0 Å². The zero-order valence-electron chi connectivity index (χ0n) is 11.5. The third-order valence-corrected chi connectivity index (χ3v) is 2.52. The Morgan fingerprint density at radius 3 is 1.95 bits per heavy atom. The van der Waals surface area contributed by atoms with Crippen LogP contribution in [-0.2, 0) is 19.1 Å². The molecule has 0 radical (unpaired) electrons. The van der Waals surface area contributed by atoms with Gasteiger partial charge in [0, 0.05) is 13.8 Å². The first-order valence-corrected chi connectivity index (χ1v) is 5.92. The SMILES string of the molecule is COc1ccc([C@@H](OC(C)=O)[C@@H](C)OC(C)=O)cc1. The summed E-state index contributed by atoms with van der Waals surface area (Å²) in [6.45, 7) is 4.31. The van der Waals surface area contributed by atoms with Gasteiger partial charge in [-0.05, 0) is 24.6 Å². The van der Waals surface area contributed by atoms with E-state index in [4.69, 9.17) is 14.2 Å². The van der Waals surface area contributed by atoms with E-state index >= 15 is 0 Å². The van der Waals surface area contributed by atoms with Crippen LogP contribution in [0, 0.1) is 0 Å². The van der Waals surface area contributed by atoms with Crippen LogP contribution in [0.15, 0.2) is 24.3 Å². The predicted molar refractivity (Wildman–Crippen MR) is 68.7 cm³/mol. The molecule has 0 saturated heterocycles. The summed E-state index contributed by atoms with van der Waals surface area (Å²) in [5.74, 6) is -0.150. The summed E-state index contributed by atoms with van der Waals surface area (Å²) in [6, 6.07) is 7.05. The average Bonchev–Trinajstić information content (AvgIpc) is 2.35. The van der Waals surface area contributed by atoms with Gasteiger partial charge in [-0.15, -0.1) is 0 Å². The zero-order chi connectivity index (χ0) is 14.4. The van der Waals surface area contributed by atoms with E-state index in [1.807, 2.05) is 0 Å². The molecule has 0 bridgehead atoms. The van der Waals surface area contributed by atoms with E-state index in [2.05, 4.69) is 0 Å². The molecule has 0 aromatic heterocycles. The molecule has 0 fully saturated rings. The molecule has 0 aliphatic carbocycles. The summed E-state index contributed by atoms with van der Waals surface area (Å²) in [5, 5.41) is 0. The van der Waals surface area contributed by atoms with Crippen LogP contribution in [0.1, 0.15) is 32.4 Å². The molecule has 5 nitrogen and oxygen atoms in total. The number of hydrogen-bond acceptors (Lipinski definition) is 5. The van der Waals surface area contributed by atoms with Crippen LogP contribution in [-0.4, -0.2) is 25.2 Å². The number of rotatable bonds is 5. The number of esters is 2. The van der Waals surface area contributed by atoms with Crippen molar-refractivity contribution in [2.75, 3.05) is 7.11 Å². The fourth-order valence-corrected chi connectivity index (χ4v) is 1.73. The number of carbonyl (C=O) groups excluding carboxylic acids is 2. The molecule has 5 heteroatoms. The predicted octanol–water partition coefficient (Wildman–Crippen LogP) is 2.25. The highest BCUT2D eigenvalue weighted by Crippen LogP contribution is 2.25. The van der Waals surface area contributed by atoms with E-state index in [9.17, 15) is 9.59 Å². The third-order valence-electron chi connectivity index (χ3n) is 2.52. The van der Waals surface area contributed by atoms with Gasteiger partial charge in [-0.25, -0.2) is 0 Å². The standard InChI is InChI=1S/C14H18O5/c1-9(18-10(2)15)14(19-11(3)16)12-5-7-13(17-4)8-6-12/h5-9,14H,1-4H3/t9-,14+/m1/s1. The molecule has 0 heterocycles. The van der Waals surface area contributed by atoms with Gasteiger partial charge in [-0.3, -0.25) is 9.59 Å². The lowest BCUT2D eigenvalue weighted by Gasteiger charge is -2.23. The maximum atomic E-state index is 11.2. The maximum Gasteiger partial charge on any atom is 0.303 e. The largest absolute Gasteiger partial charge is 0.497 e. The second-order valence-electron chi connectivity index (χ2n) is 4.12. The lowest BCUT2D eigenvalue weighted by Crippen LogP contribution is -2.25. The van der Waals surface area contributed by atoms with Crippen molar-refractivity contribution >= 4 is 11.9 Å². The van der Waals surface area contributed by atoms with E-state index < -0.39 is 24.1 Å². The molecule has 0 saturated carbocycles. The van der Waals surface area contributed by atoms with Gasteiger partial charge in [0.25, 0.3) is 0 Å². The first-order valence-electron chi connectivity index (χ1n) is 5.92. The highest BCUT2D eigenvalue weighted by atomic mass is 16.6. The lowest BCUT2D eigenvalue weighted by atomic mass is 10.0. The van der Waals surface area contributed by atoms with E-state index in [-0.39, 0.29) is 0 Å². The average molecular weight is 266 g/mol. The van der Waals surface area contributed by atoms with E-state index in [1.54, 1.807) is 38.3 Å². The summed E-state index contributed by atoms with van der Waals surface area (Å²) in [7, 11) is 1.57. The molecule has 0 aliphatic rings. The van der Waals surface area contributed by atoms with Crippen molar-refractivity contribution < 1.29 is 23.8 Å². The van der Waals surface area contributed by atoms with Gasteiger partial charge in [0.05, 0.1) is 7.11 Å². The second kappa shape index (κ2) is 6.78. The van der Waals surface area contributed by atoms with Gasteiger partial charge < -0.3 is 14.2 Å². The highest BCUT2D eigenvalue weighted by Gasteiger charge is 2.24. The molecule has 0 amide bonds. The van der Waals surface area contributed by atoms with E-state index in [0.717, 1.165) is 5.56 Å². The van der Waals surface area contributed by atoms with Crippen molar-refractivity contribution in [1.82, 2.24) is 0 Å². The van der Waals surface area contributed by atoms with Gasteiger partial charge >= 0.3 is 11.9 Å². The number of carbonyl (C=O) groups is 2. The second-order valence-corrected chi connectivity index (χ2v) is 4.12. The monoisotopic (exact) mass is 266 g/mol. The number of hydrogen-bond donors (Lipinski definition) is 0. The van der Waals surface area contributed by atoms with Crippen LogP contribution >= 0.6 is 0 Å². The molecule has 1 aromatic rings. The van der Waals surface area contributed by atoms with Crippen LogP contribution in [0.5, 0.6) is 5.75 Å². The fraction of sp³-hybridized carbons (Fsp3) is 0.429. The Balaban J connectivity index is 2.93. The summed E-state index contributed by atoms with van der Waals surface area (Å²) in [6.07, 6.45) is -1.19. The van der Waals surface area contributed by atoms with Gasteiger partial charge in [-0.1, -0.05) is 12.1 Å². The molecule has 0 aliphatic heterocycles. The maximum absolute atomic E-state index is 11.2. The normalized spacial score (nSPS) is 13.3. The first kappa shape index (κ1) is 15.0. The Labute approximate surface area is 112 Å². The first-order chi connectivity index (χ1) is 8.93. The van der Waals surface area contributed by atoms with E-state index in [1.165, 1.54) is 13.8 Å². The highest BCUT2D eigenvalue weighted by molar-refractivity contribution is 5.67. The van der Waals surface area contributed by atoms with Gasteiger partial charge in [0.15, 0.2) is 6.10 Å². The van der Waals surface area contributed by atoms with Crippen molar-refractivity contribution in [3.63, 3.8) is 0 Å². The van der Waals surface area contributed by atoms with Crippen molar-refractivity contribution in [2.45, 2.75) is 33.0 Å². The molecule has 1 aromatic carbocycles. The van der Waals surface area contributed by atoms with E-state index in [0.29, 0.717) is 5.75 Å². The summed E-state index contributed by atoms with van der Waals surface area (Å²) >= 11 is 0. The minimum Gasteiger partial charge on any atom is -0.497 e. The van der Waals surface area contributed by atoms with Crippen LogP contribution in [0.4, 0.5) is 0 Å². The molecule has 0 unspecified atom stereocenters. The molecule has 104 valence electrons. The van der Waals surface area contributed by atoms with Crippen LogP contribution in [0.3, 0.4) is 0 Å². The summed E-state index contributed by atoms with van der Waals surface area (Å²) in [5.41, 5.74) is 0.741. The van der Waals surface area contributed by atoms with Crippen LogP contribution < -0.4 is 4.74 Å². The smallest absolute Gasteiger partial charge is 0.303 e. The minimum atomic E-state index is -0.632. The molecular formula is C14H18O5. The number of ether oxygens (including phenoxy) is 3. The topological polar surface area (TPSA) is 61.8 Å². The molecule has 19 heavy (non-hydrogen) atoms. The van der Waals surface area contributed by atoms with Crippen molar-refractivity contribution in [2.24, 2.45) is 0 Å².